The Morgan fingerprint density at radius 2 is 1.89 bits per heavy atom. The van der Waals surface area contributed by atoms with Crippen LogP contribution in [0.3, 0.4) is 0 Å². The fourth-order valence-electron chi connectivity index (χ4n) is 4.05. The lowest BCUT2D eigenvalue weighted by atomic mass is 9.96. The summed E-state index contributed by atoms with van der Waals surface area (Å²) >= 11 is 13.5. The fraction of sp³-hybridized carbons (Fsp3) is 0.250. The minimum absolute atomic E-state index is 0.0813. The van der Waals surface area contributed by atoms with E-state index in [4.69, 9.17) is 32.7 Å². The Labute approximate surface area is 229 Å². The van der Waals surface area contributed by atoms with E-state index in [0.717, 1.165) is 41.7 Å². The van der Waals surface area contributed by atoms with E-state index in [1.165, 1.54) is 17.4 Å². The second-order valence-corrected chi connectivity index (χ2v) is 10.2. The van der Waals surface area contributed by atoms with Gasteiger partial charge in [0.15, 0.2) is 11.5 Å². The van der Waals surface area contributed by atoms with Crippen LogP contribution >= 0.6 is 34.5 Å². The lowest BCUT2D eigenvalue weighted by molar-refractivity contribution is -0.112. The maximum Gasteiger partial charge on any atom is 0.266 e. The number of hydrogen-bond donors (Lipinski definition) is 1. The van der Waals surface area contributed by atoms with Gasteiger partial charge in [-0.2, -0.15) is 10.5 Å². The second kappa shape index (κ2) is 12.2. The molecule has 37 heavy (non-hydrogen) atoms. The van der Waals surface area contributed by atoms with Crippen LogP contribution in [0.2, 0.25) is 10.0 Å². The molecule has 1 aromatic heterocycles. The Bertz CT molecular complexity index is 1450. The molecule has 1 aliphatic carbocycles. The molecule has 0 aliphatic heterocycles. The van der Waals surface area contributed by atoms with Gasteiger partial charge < -0.3 is 14.8 Å². The molecule has 3 aromatic rings. The number of nitrogens with zero attached hydrogens (tertiary/aromatic N) is 2. The van der Waals surface area contributed by atoms with Gasteiger partial charge in [0, 0.05) is 4.88 Å². The number of anilines is 1. The predicted molar refractivity (Wildman–Crippen MR) is 146 cm³/mol. The number of carbonyl (C=O) groups is 1. The minimum atomic E-state index is -0.560. The molecule has 1 amide bonds. The van der Waals surface area contributed by atoms with Crippen LogP contribution in [0, 0.1) is 22.7 Å². The van der Waals surface area contributed by atoms with E-state index < -0.39 is 5.91 Å². The molecular weight excluding hydrogens is 529 g/mol. The van der Waals surface area contributed by atoms with Crippen LogP contribution in [-0.4, -0.2) is 12.5 Å². The van der Waals surface area contributed by atoms with Crippen molar-refractivity contribution in [3.63, 3.8) is 0 Å². The molecule has 6 nitrogen and oxygen atoms in total. The van der Waals surface area contributed by atoms with Crippen LogP contribution in [0.15, 0.2) is 42.0 Å². The van der Waals surface area contributed by atoms with E-state index in [2.05, 4.69) is 11.4 Å². The van der Waals surface area contributed by atoms with Crippen molar-refractivity contribution in [3.05, 3.63) is 79.1 Å². The van der Waals surface area contributed by atoms with Crippen LogP contribution in [0.5, 0.6) is 11.5 Å². The van der Waals surface area contributed by atoms with Crippen molar-refractivity contribution in [3.8, 4) is 23.6 Å². The molecule has 188 valence electrons. The molecule has 0 saturated carbocycles. The molecule has 0 unspecified atom stereocenters. The summed E-state index contributed by atoms with van der Waals surface area (Å²) < 4.78 is 11.7. The Morgan fingerprint density at radius 3 is 2.62 bits per heavy atom. The number of ether oxygens (including phenoxy) is 2. The molecule has 4 rings (SSSR count). The third kappa shape index (κ3) is 6.26. The Hall–Kier alpha value is -3.49. The monoisotopic (exact) mass is 551 g/mol. The van der Waals surface area contributed by atoms with Gasteiger partial charge in [0.1, 0.15) is 29.3 Å². The summed E-state index contributed by atoms with van der Waals surface area (Å²) in [5.41, 5.74) is 2.89. The zero-order chi connectivity index (χ0) is 26.4. The molecule has 9 heteroatoms. The van der Waals surface area contributed by atoms with Crippen molar-refractivity contribution in [1.82, 2.24) is 0 Å². The van der Waals surface area contributed by atoms with Gasteiger partial charge in [-0.25, -0.2) is 0 Å². The SMILES string of the molecule is CCOc1cc(/C=C(\C#N)C(=O)Nc2sc3c(c2C#N)CCCC3)ccc1OCc1ccc(Cl)c(Cl)c1. The number of hydrogen-bond acceptors (Lipinski definition) is 6. The molecule has 0 radical (unpaired) electrons. The van der Waals surface area contributed by atoms with E-state index in [1.807, 2.05) is 19.1 Å². The highest BCUT2D eigenvalue weighted by Crippen LogP contribution is 2.38. The van der Waals surface area contributed by atoms with Crippen LogP contribution < -0.4 is 14.8 Å². The Balaban J connectivity index is 1.53. The van der Waals surface area contributed by atoms with Gasteiger partial charge in [-0.05, 0) is 79.6 Å². The van der Waals surface area contributed by atoms with E-state index in [0.29, 0.717) is 44.3 Å². The van der Waals surface area contributed by atoms with Crippen molar-refractivity contribution < 1.29 is 14.3 Å². The number of rotatable bonds is 8. The summed E-state index contributed by atoms with van der Waals surface area (Å²) in [7, 11) is 0. The molecule has 0 fully saturated rings. The van der Waals surface area contributed by atoms with E-state index >= 15 is 0 Å². The molecule has 1 aliphatic rings. The third-order valence-electron chi connectivity index (χ3n) is 5.83. The third-order valence-corrected chi connectivity index (χ3v) is 7.78. The highest BCUT2D eigenvalue weighted by Gasteiger charge is 2.23. The zero-order valence-electron chi connectivity index (χ0n) is 20.1. The highest BCUT2D eigenvalue weighted by atomic mass is 35.5. The van der Waals surface area contributed by atoms with Crippen molar-refractivity contribution in [2.75, 3.05) is 11.9 Å². The van der Waals surface area contributed by atoms with Crippen LogP contribution in [0.1, 0.15) is 46.9 Å². The van der Waals surface area contributed by atoms with Crippen molar-refractivity contribution >= 4 is 51.5 Å². The Morgan fingerprint density at radius 1 is 1.08 bits per heavy atom. The fourth-order valence-corrected chi connectivity index (χ4v) is 5.61. The van der Waals surface area contributed by atoms with Crippen LogP contribution in [-0.2, 0) is 24.2 Å². The van der Waals surface area contributed by atoms with Crippen molar-refractivity contribution in [1.29, 1.82) is 10.5 Å². The van der Waals surface area contributed by atoms with Gasteiger partial charge >= 0.3 is 0 Å². The first-order valence-electron chi connectivity index (χ1n) is 11.7. The molecule has 2 aromatic carbocycles. The summed E-state index contributed by atoms with van der Waals surface area (Å²) in [6.45, 7) is 2.51. The minimum Gasteiger partial charge on any atom is -0.490 e. The lowest BCUT2D eigenvalue weighted by Crippen LogP contribution is -2.13. The first-order chi connectivity index (χ1) is 17.9. The van der Waals surface area contributed by atoms with Gasteiger partial charge in [-0.1, -0.05) is 35.3 Å². The molecule has 0 spiro atoms. The summed E-state index contributed by atoms with van der Waals surface area (Å²) in [6, 6.07) is 14.6. The predicted octanol–water partition coefficient (Wildman–Crippen LogP) is 7.33. The number of carbonyl (C=O) groups excluding carboxylic acids is 1. The first kappa shape index (κ1) is 26.6. The van der Waals surface area contributed by atoms with Crippen LogP contribution in [0.25, 0.3) is 6.08 Å². The maximum absolute atomic E-state index is 12.9. The second-order valence-electron chi connectivity index (χ2n) is 8.33. The number of aryl methyl sites for hydroxylation is 1. The number of fused-ring (bicyclic) bond motifs is 1. The number of benzene rings is 2. The molecule has 0 saturated heterocycles. The molecule has 0 bridgehead atoms. The van der Waals surface area contributed by atoms with E-state index in [-0.39, 0.29) is 12.2 Å². The average Bonchev–Trinajstić information content (AvgIpc) is 3.25. The highest BCUT2D eigenvalue weighted by molar-refractivity contribution is 7.16. The number of amides is 1. The molecular formula is C28H23Cl2N3O3S. The average molecular weight is 552 g/mol. The maximum atomic E-state index is 12.9. The largest absolute Gasteiger partial charge is 0.490 e. The number of thiophene rings is 1. The molecule has 1 heterocycles. The number of nitrogens with one attached hydrogen (secondary N) is 1. The first-order valence-corrected chi connectivity index (χ1v) is 13.3. The quantitative estimate of drug-likeness (QED) is 0.233. The standard InChI is InChI=1S/C28H23Cl2N3O3S/c1-2-35-25-13-17(8-10-24(25)36-16-18-7-9-22(29)23(30)12-18)11-19(14-31)27(34)33-28-21(15-32)20-5-3-4-6-26(20)37-28/h7-13H,2-6,16H2,1H3,(H,33,34)/b19-11+. The smallest absolute Gasteiger partial charge is 0.266 e. The summed E-state index contributed by atoms with van der Waals surface area (Å²) in [5, 5.41) is 23.5. The van der Waals surface area contributed by atoms with E-state index in [1.54, 1.807) is 30.3 Å². The van der Waals surface area contributed by atoms with E-state index in [9.17, 15) is 15.3 Å². The summed E-state index contributed by atoms with van der Waals surface area (Å²) in [5.74, 6) is 0.429. The number of nitriles is 2. The molecule has 1 N–H and O–H groups in total. The summed E-state index contributed by atoms with van der Waals surface area (Å²) in [6.07, 6.45) is 5.34. The molecule has 0 atom stereocenters. The van der Waals surface area contributed by atoms with Crippen molar-refractivity contribution in [2.45, 2.75) is 39.2 Å². The van der Waals surface area contributed by atoms with Crippen LogP contribution in [0.4, 0.5) is 5.00 Å². The zero-order valence-corrected chi connectivity index (χ0v) is 22.4. The lowest BCUT2D eigenvalue weighted by Gasteiger charge is -2.13. The normalized spacial score (nSPS) is 12.7. The topological polar surface area (TPSA) is 95.1 Å². The van der Waals surface area contributed by atoms with Gasteiger partial charge in [0.05, 0.1) is 22.2 Å². The van der Waals surface area contributed by atoms with Crippen molar-refractivity contribution in [2.24, 2.45) is 0 Å². The van der Waals surface area contributed by atoms with Gasteiger partial charge in [-0.15, -0.1) is 11.3 Å². The van der Waals surface area contributed by atoms with Gasteiger partial charge in [0.2, 0.25) is 0 Å². The summed E-state index contributed by atoms with van der Waals surface area (Å²) in [4.78, 5) is 14.1. The van der Waals surface area contributed by atoms with Gasteiger partial charge in [-0.3, -0.25) is 4.79 Å². The number of halogens is 2. The van der Waals surface area contributed by atoms with Gasteiger partial charge in [0.25, 0.3) is 5.91 Å². The Kier molecular flexibility index (Phi) is 8.74.